The highest BCUT2D eigenvalue weighted by atomic mass is 16.3. The first-order chi connectivity index (χ1) is 25.1. The van der Waals surface area contributed by atoms with Crippen molar-refractivity contribution in [3.05, 3.63) is 148 Å². The van der Waals surface area contributed by atoms with Gasteiger partial charge in [-0.05, 0) is 101 Å². The maximum Gasteiger partial charge on any atom is 0.171 e. The Morgan fingerprint density at radius 2 is 1.25 bits per heavy atom. The van der Waals surface area contributed by atoms with Crippen molar-refractivity contribution in [1.82, 2.24) is 4.40 Å². The Morgan fingerprint density at radius 3 is 2.12 bits per heavy atom. The average Bonchev–Trinajstić information content (AvgIpc) is 3.89. The van der Waals surface area contributed by atoms with E-state index in [-0.39, 0.29) is 23.5 Å². The summed E-state index contributed by atoms with van der Waals surface area (Å²) in [6, 6.07) is 37.2. The summed E-state index contributed by atoms with van der Waals surface area (Å²) in [5, 5.41) is 6.81. The van der Waals surface area contributed by atoms with Crippen molar-refractivity contribution in [2.45, 2.75) is 48.9 Å². The van der Waals surface area contributed by atoms with Crippen LogP contribution in [-0.4, -0.2) is 16.0 Å². The molecule has 1 fully saturated rings. The standard InChI is InChI=1S/C47H29NO3/c49-44-23-15-13-22(14-16-23)28-17-29-30-18-32-24-7-4-6-12-39(24)51-46(32)40-34-19-36-33(21-38(34)48(43(30)40)37(29)20-31(28)44)45(50)42-26-9-2-1-8-25(26)41-27-10-3-5-11-35(27)47(36,41)42/h1-12,17-23,41-42H,13-16H2. The molecule has 6 aliphatic rings. The van der Waals surface area contributed by atoms with E-state index in [0.29, 0.717) is 11.7 Å². The fraction of sp³-hybridized carbons (Fsp3) is 0.191. The molecule has 6 aromatic carbocycles. The zero-order valence-electron chi connectivity index (χ0n) is 27.6. The van der Waals surface area contributed by atoms with E-state index in [1.807, 2.05) is 6.07 Å². The van der Waals surface area contributed by atoms with E-state index < -0.39 is 5.41 Å². The number of ketones is 2. The van der Waals surface area contributed by atoms with Gasteiger partial charge < -0.3 is 8.82 Å². The van der Waals surface area contributed by atoms with Gasteiger partial charge in [0.2, 0.25) is 0 Å². The number of hydrogen-bond donors (Lipinski definition) is 0. The number of carbonyl (C=O) groups is 2. The van der Waals surface area contributed by atoms with Gasteiger partial charge >= 0.3 is 0 Å². The first-order valence-corrected chi connectivity index (χ1v) is 18.5. The minimum atomic E-state index is -0.412. The van der Waals surface area contributed by atoms with Crippen LogP contribution in [0.1, 0.15) is 97.5 Å². The summed E-state index contributed by atoms with van der Waals surface area (Å²) in [5.41, 5.74) is 13.8. The molecule has 0 amide bonds. The number of aromatic nitrogens is 1. The van der Waals surface area contributed by atoms with Crippen molar-refractivity contribution < 1.29 is 14.0 Å². The Hall–Kier alpha value is -5.74. The molecule has 51 heavy (non-hydrogen) atoms. The first kappa shape index (κ1) is 26.1. The quantitative estimate of drug-likeness (QED) is 0.163. The maximum absolute atomic E-state index is 15.0. The fourth-order valence-electron chi connectivity index (χ4n) is 12.3. The van der Waals surface area contributed by atoms with Gasteiger partial charge in [0.15, 0.2) is 11.6 Å². The van der Waals surface area contributed by atoms with E-state index in [4.69, 9.17) is 4.42 Å². The van der Waals surface area contributed by atoms with Gasteiger partial charge in [-0.1, -0.05) is 66.7 Å². The van der Waals surface area contributed by atoms with Crippen molar-refractivity contribution in [2.24, 2.45) is 5.92 Å². The molecule has 2 bridgehead atoms. The van der Waals surface area contributed by atoms with Crippen molar-refractivity contribution in [1.29, 1.82) is 0 Å². The molecule has 3 aromatic heterocycles. The molecule has 240 valence electrons. The molecule has 0 saturated heterocycles. The number of furan rings is 1. The van der Waals surface area contributed by atoms with E-state index in [0.717, 1.165) is 91.6 Å². The SMILES string of the molecule is O=C1c2cc3c(cc2C2CCC1CC2)c1cc2c4ccccc4oc2c2c4cc5c(cc4n3c12)C(=O)C1c2ccccc2C2c3ccccc3C512. The number of para-hydroxylation sites is 1. The van der Waals surface area contributed by atoms with E-state index in [2.05, 4.69) is 101 Å². The lowest BCUT2D eigenvalue weighted by atomic mass is 9.52. The van der Waals surface area contributed by atoms with Crippen molar-refractivity contribution in [2.75, 3.05) is 0 Å². The van der Waals surface area contributed by atoms with Crippen LogP contribution >= 0.6 is 0 Å². The highest BCUT2D eigenvalue weighted by Crippen LogP contribution is 2.73. The number of carbonyl (C=O) groups excluding carboxylic acids is 2. The molecule has 1 saturated carbocycles. The van der Waals surface area contributed by atoms with Crippen molar-refractivity contribution in [3.8, 4) is 0 Å². The van der Waals surface area contributed by atoms with E-state index in [1.54, 1.807) is 0 Å². The van der Waals surface area contributed by atoms with Crippen LogP contribution in [0.25, 0.3) is 60.0 Å². The minimum absolute atomic E-state index is 0.125. The van der Waals surface area contributed by atoms with Crippen LogP contribution < -0.4 is 0 Å². The highest BCUT2D eigenvalue weighted by Gasteiger charge is 2.68. The van der Waals surface area contributed by atoms with Crippen LogP contribution in [-0.2, 0) is 5.41 Å². The summed E-state index contributed by atoms with van der Waals surface area (Å²) in [6.07, 6.45) is 4.15. The van der Waals surface area contributed by atoms with Crippen LogP contribution in [0.4, 0.5) is 0 Å². The van der Waals surface area contributed by atoms with Gasteiger partial charge in [-0.25, -0.2) is 0 Å². The Kier molecular flexibility index (Phi) is 4.22. The van der Waals surface area contributed by atoms with Gasteiger partial charge in [-0.2, -0.15) is 0 Å². The first-order valence-electron chi connectivity index (χ1n) is 18.5. The normalized spacial score (nSPS) is 25.5. The lowest BCUT2D eigenvalue weighted by Gasteiger charge is -2.48. The van der Waals surface area contributed by atoms with Gasteiger partial charge in [0, 0.05) is 55.3 Å². The van der Waals surface area contributed by atoms with Crippen LogP contribution in [0.15, 0.2) is 108 Å². The lowest BCUT2D eigenvalue weighted by Crippen LogP contribution is -2.43. The third kappa shape index (κ3) is 2.63. The number of benzene rings is 6. The summed E-state index contributed by atoms with van der Waals surface area (Å²) >= 11 is 0. The average molecular weight is 656 g/mol. The molecule has 4 nitrogen and oxygen atoms in total. The predicted molar refractivity (Wildman–Crippen MR) is 200 cm³/mol. The number of Topliss-reactive ketones (excluding diaryl/α,β-unsaturated/α-hetero) is 2. The summed E-state index contributed by atoms with van der Waals surface area (Å²) in [6.45, 7) is 0. The minimum Gasteiger partial charge on any atom is -0.455 e. The van der Waals surface area contributed by atoms with E-state index >= 15 is 0 Å². The largest absolute Gasteiger partial charge is 0.455 e. The Labute approximate surface area is 291 Å². The smallest absolute Gasteiger partial charge is 0.171 e. The Bertz CT molecular complexity index is 3170. The highest BCUT2D eigenvalue weighted by molar-refractivity contribution is 6.33. The Balaban J connectivity index is 1.17. The molecule has 1 spiro atoms. The van der Waals surface area contributed by atoms with Gasteiger partial charge in [-0.15, -0.1) is 0 Å². The molecular formula is C47H29NO3. The fourth-order valence-corrected chi connectivity index (χ4v) is 12.3. The van der Waals surface area contributed by atoms with Crippen LogP contribution in [0, 0.1) is 5.92 Å². The van der Waals surface area contributed by atoms with Crippen LogP contribution in [0.5, 0.6) is 0 Å². The third-order valence-corrected chi connectivity index (χ3v) is 14.2. The molecular weight excluding hydrogens is 627 g/mol. The number of hydrogen-bond acceptors (Lipinski definition) is 3. The zero-order chi connectivity index (χ0) is 33.1. The van der Waals surface area contributed by atoms with Crippen molar-refractivity contribution >= 4 is 71.6 Å². The molecule has 15 rings (SSSR count). The third-order valence-electron chi connectivity index (χ3n) is 14.2. The number of fused-ring (bicyclic) bond motifs is 18. The predicted octanol–water partition coefficient (Wildman–Crippen LogP) is 10.9. The van der Waals surface area contributed by atoms with Crippen LogP contribution in [0.2, 0.25) is 0 Å². The Morgan fingerprint density at radius 1 is 0.549 bits per heavy atom. The summed E-state index contributed by atoms with van der Waals surface area (Å²) in [5.74, 6) is 0.999. The molecule has 9 aromatic rings. The molecule has 3 unspecified atom stereocenters. The van der Waals surface area contributed by atoms with E-state index in [1.165, 1.54) is 38.6 Å². The molecule has 0 aliphatic heterocycles. The summed E-state index contributed by atoms with van der Waals surface area (Å²) in [7, 11) is 0. The summed E-state index contributed by atoms with van der Waals surface area (Å²) < 4.78 is 9.17. The van der Waals surface area contributed by atoms with Gasteiger partial charge in [0.1, 0.15) is 11.2 Å². The van der Waals surface area contributed by atoms with Crippen LogP contribution in [0.3, 0.4) is 0 Å². The number of rotatable bonds is 0. The second kappa shape index (κ2) is 8.24. The van der Waals surface area contributed by atoms with E-state index in [9.17, 15) is 9.59 Å². The maximum atomic E-state index is 15.0. The molecule has 3 heterocycles. The second-order valence-corrected chi connectivity index (χ2v) is 16.1. The molecule has 6 aliphatic carbocycles. The lowest BCUT2D eigenvalue weighted by molar-refractivity contribution is 0.0897. The summed E-state index contributed by atoms with van der Waals surface area (Å²) in [4.78, 5) is 29.0. The van der Waals surface area contributed by atoms with Gasteiger partial charge in [0.05, 0.1) is 27.9 Å². The molecule has 4 heteroatoms. The molecule has 0 N–H and O–H groups in total. The van der Waals surface area contributed by atoms with Crippen molar-refractivity contribution in [3.63, 3.8) is 0 Å². The van der Waals surface area contributed by atoms with Gasteiger partial charge in [-0.3, -0.25) is 9.59 Å². The van der Waals surface area contributed by atoms with Gasteiger partial charge in [0.25, 0.3) is 0 Å². The zero-order valence-corrected chi connectivity index (χ0v) is 27.6. The molecule has 3 atom stereocenters. The topological polar surface area (TPSA) is 51.7 Å². The molecule has 0 radical (unpaired) electrons. The monoisotopic (exact) mass is 655 g/mol. The number of nitrogens with zero attached hydrogens (tertiary/aromatic N) is 1. The second-order valence-electron chi connectivity index (χ2n) is 16.1.